The average molecular weight is 280 g/mol. The Bertz CT molecular complexity index is 444. The molecular formula is C15H24N2O3. The lowest BCUT2D eigenvalue weighted by Crippen LogP contribution is -2.14. The van der Waals surface area contributed by atoms with Gasteiger partial charge in [0.25, 0.3) is 0 Å². The molecule has 1 heterocycles. The van der Waals surface area contributed by atoms with E-state index in [0.29, 0.717) is 18.2 Å². The average Bonchev–Trinajstić information content (AvgIpc) is 2.86. The summed E-state index contributed by atoms with van der Waals surface area (Å²) in [5, 5.41) is 12.9. The fourth-order valence-corrected chi connectivity index (χ4v) is 3.08. The maximum absolute atomic E-state index is 10.7. The molecule has 0 aromatic carbocycles. The summed E-state index contributed by atoms with van der Waals surface area (Å²) < 4.78 is 5.28. The zero-order chi connectivity index (χ0) is 14.5. The Hall–Kier alpha value is -1.39. The Balaban J connectivity index is 1.93. The van der Waals surface area contributed by atoms with Crippen LogP contribution in [0.1, 0.15) is 70.0 Å². The van der Waals surface area contributed by atoms with Crippen molar-refractivity contribution in [3.63, 3.8) is 0 Å². The van der Waals surface area contributed by atoms with Gasteiger partial charge in [-0.05, 0) is 24.7 Å². The lowest BCUT2D eigenvalue weighted by Gasteiger charge is -2.26. The van der Waals surface area contributed by atoms with Gasteiger partial charge in [0.1, 0.15) is 0 Å². The van der Waals surface area contributed by atoms with Crippen molar-refractivity contribution in [2.45, 2.75) is 64.7 Å². The Kier molecular flexibility index (Phi) is 5.15. The van der Waals surface area contributed by atoms with Crippen LogP contribution < -0.4 is 0 Å². The summed E-state index contributed by atoms with van der Waals surface area (Å²) in [5.41, 5.74) is 0. The smallest absolute Gasteiger partial charge is 0.303 e. The molecule has 1 N–H and O–H groups in total. The van der Waals surface area contributed by atoms with E-state index in [0.717, 1.165) is 24.6 Å². The second-order valence-corrected chi connectivity index (χ2v) is 6.09. The number of carbonyl (C=O) groups is 1. The molecule has 3 unspecified atom stereocenters. The SMILES string of the molecule is CCC1CCCC(c2noc(CC(C)CC(=O)O)n2)C1. The maximum atomic E-state index is 10.7. The van der Waals surface area contributed by atoms with Gasteiger partial charge in [0.2, 0.25) is 5.89 Å². The summed E-state index contributed by atoms with van der Waals surface area (Å²) >= 11 is 0. The fraction of sp³-hybridized carbons (Fsp3) is 0.800. The zero-order valence-corrected chi connectivity index (χ0v) is 12.3. The van der Waals surface area contributed by atoms with Gasteiger partial charge in [-0.2, -0.15) is 4.98 Å². The first-order valence-electron chi connectivity index (χ1n) is 7.62. The molecule has 112 valence electrons. The van der Waals surface area contributed by atoms with Crippen LogP contribution in [-0.2, 0) is 11.2 Å². The van der Waals surface area contributed by atoms with E-state index in [1.165, 1.54) is 19.3 Å². The van der Waals surface area contributed by atoms with Crippen molar-refractivity contribution in [3.05, 3.63) is 11.7 Å². The quantitative estimate of drug-likeness (QED) is 0.864. The number of carboxylic acids is 1. The molecule has 1 aromatic rings. The fourth-order valence-electron chi connectivity index (χ4n) is 3.08. The largest absolute Gasteiger partial charge is 0.481 e. The van der Waals surface area contributed by atoms with Crippen LogP contribution in [0.2, 0.25) is 0 Å². The Morgan fingerprint density at radius 1 is 1.50 bits per heavy atom. The van der Waals surface area contributed by atoms with E-state index in [1.807, 2.05) is 6.92 Å². The molecule has 2 rings (SSSR count). The van der Waals surface area contributed by atoms with Gasteiger partial charge >= 0.3 is 5.97 Å². The second kappa shape index (κ2) is 6.86. The summed E-state index contributed by atoms with van der Waals surface area (Å²) in [6.45, 7) is 4.13. The first-order chi connectivity index (χ1) is 9.58. The summed E-state index contributed by atoms with van der Waals surface area (Å²) in [4.78, 5) is 15.1. The van der Waals surface area contributed by atoms with Gasteiger partial charge in [-0.1, -0.05) is 38.3 Å². The number of aromatic nitrogens is 2. The third kappa shape index (κ3) is 4.05. The summed E-state index contributed by atoms with van der Waals surface area (Å²) in [5.74, 6) is 1.83. The normalized spacial score (nSPS) is 24.5. The van der Waals surface area contributed by atoms with Gasteiger partial charge in [0, 0.05) is 18.8 Å². The van der Waals surface area contributed by atoms with Crippen molar-refractivity contribution >= 4 is 5.97 Å². The molecule has 1 aliphatic carbocycles. The standard InChI is InChI=1S/C15H24N2O3/c1-3-11-5-4-6-12(9-11)15-16-13(20-17-15)7-10(2)8-14(18)19/h10-12H,3-9H2,1-2H3,(H,18,19). The molecule has 0 bridgehead atoms. The van der Waals surface area contributed by atoms with Crippen LogP contribution in [0.5, 0.6) is 0 Å². The number of aliphatic carboxylic acids is 1. The van der Waals surface area contributed by atoms with Crippen LogP contribution in [0.3, 0.4) is 0 Å². The lowest BCUT2D eigenvalue weighted by molar-refractivity contribution is -0.137. The van der Waals surface area contributed by atoms with Crippen LogP contribution in [0.4, 0.5) is 0 Å². The van der Waals surface area contributed by atoms with Crippen molar-refractivity contribution in [1.29, 1.82) is 0 Å². The van der Waals surface area contributed by atoms with E-state index in [1.54, 1.807) is 0 Å². The van der Waals surface area contributed by atoms with E-state index >= 15 is 0 Å². The Morgan fingerprint density at radius 2 is 2.30 bits per heavy atom. The maximum Gasteiger partial charge on any atom is 0.303 e. The lowest BCUT2D eigenvalue weighted by atomic mass is 9.80. The van der Waals surface area contributed by atoms with Gasteiger partial charge in [-0.25, -0.2) is 0 Å². The summed E-state index contributed by atoms with van der Waals surface area (Å²) in [6.07, 6.45) is 6.75. The van der Waals surface area contributed by atoms with Gasteiger partial charge in [0.15, 0.2) is 5.82 Å². The van der Waals surface area contributed by atoms with Crippen LogP contribution in [0.15, 0.2) is 4.52 Å². The first-order valence-corrected chi connectivity index (χ1v) is 7.62. The van der Waals surface area contributed by atoms with Gasteiger partial charge in [0.05, 0.1) is 0 Å². The molecule has 0 radical (unpaired) electrons. The van der Waals surface area contributed by atoms with Crippen molar-refractivity contribution < 1.29 is 14.4 Å². The molecule has 3 atom stereocenters. The highest BCUT2D eigenvalue weighted by Gasteiger charge is 2.26. The molecular weight excluding hydrogens is 256 g/mol. The summed E-state index contributed by atoms with van der Waals surface area (Å²) in [7, 11) is 0. The van der Waals surface area contributed by atoms with Crippen molar-refractivity contribution in [3.8, 4) is 0 Å². The predicted molar refractivity (Wildman–Crippen MR) is 74.4 cm³/mol. The van der Waals surface area contributed by atoms with Crippen LogP contribution in [-0.4, -0.2) is 21.2 Å². The molecule has 5 heteroatoms. The summed E-state index contributed by atoms with van der Waals surface area (Å²) in [6, 6.07) is 0. The van der Waals surface area contributed by atoms with Crippen molar-refractivity contribution in [2.75, 3.05) is 0 Å². The molecule has 5 nitrogen and oxygen atoms in total. The highest BCUT2D eigenvalue weighted by Crippen LogP contribution is 2.36. The van der Waals surface area contributed by atoms with E-state index < -0.39 is 5.97 Å². The molecule has 0 saturated heterocycles. The molecule has 20 heavy (non-hydrogen) atoms. The number of hydrogen-bond donors (Lipinski definition) is 1. The minimum absolute atomic E-state index is 0.0237. The zero-order valence-electron chi connectivity index (χ0n) is 12.3. The van der Waals surface area contributed by atoms with E-state index in [4.69, 9.17) is 9.63 Å². The number of rotatable bonds is 6. The van der Waals surface area contributed by atoms with Crippen LogP contribution in [0.25, 0.3) is 0 Å². The molecule has 1 aliphatic rings. The molecule has 0 spiro atoms. The van der Waals surface area contributed by atoms with Gasteiger partial charge in [-0.3, -0.25) is 4.79 Å². The Morgan fingerprint density at radius 3 is 3.00 bits per heavy atom. The number of carboxylic acid groups (broad SMARTS) is 1. The minimum atomic E-state index is -0.782. The van der Waals surface area contributed by atoms with E-state index in [9.17, 15) is 4.79 Å². The number of hydrogen-bond acceptors (Lipinski definition) is 4. The minimum Gasteiger partial charge on any atom is -0.481 e. The second-order valence-electron chi connectivity index (χ2n) is 6.09. The highest BCUT2D eigenvalue weighted by atomic mass is 16.5. The molecule has 0 amide bonds. The highest BCUT2D eigenvalue weighted by molar-refractivity contribution is 5.66. The molecule has 1 aromatic heterocycles. The molecule has 0 aliphatic heterocycles. The predicted octanol–water partition coefficient (Wildman–Crippen LogP) is 3.41. The molecule has 1 fully saturated rings. The number of nitrogens with zero attached hydrogens (tertiary/aromatic N) is 2. The van der Waals surface area contributed by atoms with Gasteiger partial charge in [-0.15, -0.1) is 0 Å². The van der Waals surface area contributed by atoms with Crippen LogP contribution >= 0.6 is 0 Å². The monoisotopic (exact) mass is 280 g/mol. The van der Waals surface area contributed by atoms with E-state index in [-0.39, 0.29) is 12.3 Å². The van der Waals surface area contributed by atoms with Gasteiger partial charge < -0.3 is 9.63 Å². The third-order valence-corrected chi connectivity index (χ3v) is 4.26. The topological polar surface area (TPSA) is 76.2 Å². The van der Waals surface area contributed by atoms with E-state index in [2.05, 4.69) is 17.1 Å². The third-order valence-electron chi connectivity index (χ3n) is 4.26. The first kappa shape index (κ1) is 15.0. The van der Waals surface area contributed by atoms with Crippen molar-refractivity contribution in [1.82, 2.24) is 10.1 Å². The molecule has 1 saturated carbocycles. The Labute approximate surface area is 119 Å². The van der Waals surface area contributed by atoms with Crippen molar-refractivity contribution in [2.24, 2.45) is 11.8 Å². The van der Waals surface area contributed by atoms with Crippen LogP contribution in [0, 0.1) is 11.8 Å².